The zero-order chi connectivity index (χ0) is 12.8. The molecule has 1 aliphatic heterocycles. The molecule has 100 valence electrons. The summed E-state index contributed by atoms with van der Waals surface area (Å²) in [5.41, 5.74) is 1.02. The Balaban J connectivity index is 1.72. The third-order valence-electron chi connectivity index (χ3n) is 3.68. The van der Waals surface area contributed by atoms with Crippen molar-refractivity contribution in [3.63, 3.8) is 0 Å². The highest BCUT2D eigenvalue weighted by Gasteiger charge is 2.10. The van der Waals surface area contributed by atoms with Gasteiger partial charge < -0.3 is 10.2 Å². The van der Waals surface area contributed by atoms with Crippen LogP contribution < -0.4 is 5.32 Å². The van der Waals surface area contributed by atoms with Crippen LogP contribution in [0.25, 0.3) is 0 Å². The van der Waals surface area contributed by atoms with E-state index in [-0.39, 0.29) is 11.9 Å². The molecule has 2 nitrogen and oxygen atoms in total. The van der Waals surface area contributed by atoms with Crippen LogP contribution in [0.15, 0.2) is 24.3 Å². The number of likely N-dealkylation sites (tertiary alicyclic amines) is 1. The second-order valence-corrected chi connectivity index (χ2v) is 5.13. The minimum Gasteiger partial charge on any atom is -0.309 e. The zero-order valence-corrected chi connectivity index (χ0v) is 11.2. The van der Waals surface area contributed by atoms with Gasteiger partial charge in [0.25, 0.3) is 0 Å². The Morgan fingerprint density at radius 3 is 2.78 bits per heavy atom. The van der Waals surface area contributed by atoms with Crippen LogP contribution in [0.3, 0.4) is 0 Å². The lowest BCUT2D eigenvalue weighted by Gasteiger charge is -2.27. The van der Waals surface area contributed by atoms with Gasteiger partial charge in [0.1, 0.15) is 5.82 Å². The van der Waals surface area contributed by atoms with E-state index in [0.29, 0.717) is 0 Å². The van der Waals surface area contributed by atoms with E-state index in [9.17, 15) is 4.39 Å². The van der Waals surface area contributed by atoms with Gasteiger partial charge in [0.05, 0.1) is 0 Å². The highest BCUT2D eigenvalue weighted by atomic mass is 19.1. The SMILES string of the molecule is CC(NCCN1CCCCC1)c1cccc(F)c1. The van der Waals surface area contributed by atoms with Crippen LogP contribution in [0.4, 0.5) is 4.39 Å². The summed E-state index contributed by atoms with van der Waals surface area (Å²) < 4.78 is 13.1. The fraction of sp³-hybridized carbons (Fsp3) is 0.600. The van der Waals surface area contributed by atoms with Crippen molar-refractivity contribution < 1.29 is 4.39 Å². The molecule has 1 aliphatic rings. The van der Waals surface area contributed by atoms with Crippen molar-refractivity contribution in [1.29, 1.82) is 0 Å². The molecule has 3 heteroatoms. The summed E-state index contributed by atoms with van der Waals surface area (Å²) in [4.78, 5) is 2.51. The van der Waals surface area contributed by atoms with Crippen LogP contribution in [0.5, 0.6) is 0 Å². The van der Waals surface area contributed by atoms with Crippen LogP contribution in [0.1, 0.15) is 37.8 Å². The maximum absolute atomic E-state index is 13.1. The van der Waals surface area contributed by atoms with Gasteiger partial charge in [0.2, 0.25) is 0 Å². The molecular weight excluding hydrogens is 227 g/mol. The van der Waals surface area contributed by atoms with Crippen molar-refractivity contribution in [3.05, 3.63) is 35.6 Å². The summed E-state index contributed by atoms with van der Waals surface area (Å²) in [5.74, 6) is -0.155. The molecule has 1 saturated heterocycles. The molecule has 0 radical (unpaired) electrons. The Bertz CT molecular complexity index is 361. The number of hydrogen-bond acceptors (Lipinski definition) is 2. The first kappa shape index (κ1) is 13.5. The summed E-state index contributed by atoms with van der Waals surface area (Å²) >= 11 is 0. The molecule has 1 unspecified atom stereocenters. The highest BCUT2D eigenvalue weighted by molar-refractivity contribution is 5.19. The Labute approximate surface area is 109 Å². The first-order valence-electron chi connectivity index (χ1n) is 6.97. The second-order valence-electron chi connectivity index (χ2n) is 5.13. The maximum Gasteiger partial charge on any atom is 0.123 e. The smallest absolute Gasteiger partial charge is 0.123 e. The number of piperidine rings is 1. The van der Waals surface area contributed by atoms with E-state index in [4.69, 9.17) is 0 Å². The average molecular weight is 250 g/mol. The number of benzene rings is 1. The van der Waals surface area contributed by atoms with Gasteiger partial charge in [-0.15, -0.1) is 0 Å². The third-order valence-corrected chi connectivity index (χ3v) is 3.68. The van der Waals surface area contributed by atoms with E-state index in [0.717, 1.165) is 18.7 Å². The fourth-order valence-corrected chi connectivity index (χ4v) is 2.52. The molecule has 1 aromatic carbocycles. The van der Waals surface area contributed by atoms with E-state index in [2.05, 4.69) is 17.1 Å². The number of halogens is 1. The quantitative estimate of drug-likeness (QED) is 0.864. The predicted molar refractivity (Wildman–Crippen MR) is 73.1 cm³/mol. The molecule has 0 saturated carbocycles. The van der Waals surface area contributed by atoms with Gasteiger partial charge in [-0.1, -0.05) is 18.6 Å². The normalized spacial score (nSPS) is 18.8. The largest absolute Gasteiger partial charge is 0.309 e. The monoisotopic (exact) mass is 250 g/mol. The maximum atomic E-state index is 13.1. The molecule has 1 heterocycles. The molecule has 0 aliphatic carbocycles. The van der Waals surface area contributed by atoms with Gasteiger partial charge in [-0.25, -0.2) is 4.39 Å². The van der Waals surface area contributed by atoms with Gasteiger partial charge in [-0.3, -0.25) is 0 Å². The number of nitrogens with zero attached hydrogens (tertiary/aromatic N) is 1. The minimum absolute atomic E-state index is 0.155. The molecule has 0 spiro atoms. The van der Waals surface area contributed by atoms with Crippen molar-refractivity contribution in [2.45, 2.75) is 32.2 Å². The van der Waals surface area contributed by atoms with E-state index >= 15 is 0 Å². The van der Waals surface area contributed by atoms with Gasteiger partial charge >= 0.3 is 0 Å². The lowest BCUT2D eigenvalue weighted by molar-refractivity contribution is 0.227. The molecule has 0 amide bonds. The van der Waals surface area contributed by atoms with E-state index < -0.39 is 0 Å². The van der Waals surface area contributed by atoms with Crippen LogP contribution >= 0.6 is 0 Å². The lowest BCUT2D eigenvalue weighted by Crippen LogP contribution is -2.36. The van der Waals surface area contributed by atoms with Gasteiger partial charge in [-0.2, -0.15) is 0 Å². The van der Waals surface area contributed by atoms with Crippen molar-refractivity contribution in [3.8, 4) is 0 Å². The summed E-state index contributed by atoms with van der Waals surface area (Å²) in [5, 5.41) is 3.47. The van der Waals surface area contributed by atoms with Crippen molar-refractivity contribution in [2.24, 2.45) is 0 Å². The predicted octanol–water partition coefficient (Wildman–Crippen LogP) is 2.96. The molecule has 1 atom stereocenters. The lowest BCUT2D eigenvalue weighted by atomic mass is 10.1. The topological polar surface area (TPSA) is 15.3 Å². The third kappa shape index (κ3) is 4.07. The Kier molecular flexibility index (Phi) is 5.14. The van der Waals surface area contributed by atoms with Gasteiger partial charge in [0, 0.05) is 19.1 Å². The molecular formula is C15H23FN2. The standard InChI is InChI=1S/C15H23FN2/c1-13(14-6-5-7-15(16)12-14)17-8-11-18-9-3-2-4-10-18/h5-7,12-13,17H,2-4,8-11H2,1H3. The molecule has 2 rings (SSSR count). The number of nitrogens with one attached hydrogen (secondary N) is 1. The summed E-state index contributed by atoms with van der Waals surface area (Å²) in [6.07, 6.45) is 4.04. The van der Waals surface area contributed by atoms with Crippen molar-refractivity contribution in [1.82, 2.24) is 10.2 Å². The summed E-state index contributed by atoms with van der Waals surface area (Å²) in [7, 11) is 0. The molecule has 0 bridgehead atoms. The fourth-order valence-electron chi connectivity index (χ4n) is 2.52. The number of hydrogen-bond donors (Lipinski definition) is 1. The van der Waals surface area contributed by atoms with Gasteiger partial charge in [0.15, 0.2) is 0 Å². The zero-order valence-electron chi connectivity index (χ0n) is 11.2. The van der Waals surface area contributed by atoms with Crippen LogP contribution in [0.2, 0.25) is 0 Å². The Morgan fingerprint density at radius 2 is 2.06 bits per heavy atom. The van der Waals surface area contributed by atoms with E-state index in [1.807, 2.05) is 6.07 Å². The van der Waals surface area contributed by atoms with Crippen LogP contribution in [-0.4, -0.2) is 31.1 Å². The number of rotatable bonds is 5. The Hall–Kier alpha value is -0.930. The molecule has 0 aromatic heterocycles. The first-order chi connectivity index (χ1) is 8.75. The average Bonchev–Trinajstić information content (AvgIpc) is 2.40. The minimum atomic E-state index is -0.155. The summed E-state index contributed by atoms with van der Waals surface area (Å²) in [6.45, 7) is 6.62. The van der Waals surface area contributed by atoms with E-state index in [1.54, 1.807) is 12.1 Å². The molecule has 1 N–H and O–H groups in total. The Morgan fingerprint density at radius 1 is 1.28 bits per heavy atom. The summed E-state index contributed by atoms with van der Waals surface area (Å²) in [6, 6.07) is 7.06. The molecule has 18 heavy (non-hydrogen) atoms. The molecule has 1 aromatic rings. The second kappa shape index (κ2) is 6.86. The molecule has 1 fully saturated rings. The van der Waals surface area contributed by atoms with Gasteiger partial charge in [-0.05, 0) is 50.6 Å². The highest BCUT2D eigenvalue weighted by Crippen LogP contribution is 2.13. The first-order valence-corrected chi connectivity index (χ1v) is 6.97. The van der Waals surface area contributed by atoms with Crippen LogP contribution in [-0.2, 0) is 0 Å². The van der Waals surface area contributed by atoms with Crippen molar-refractivity contribution >= 4 is 0 Å². The van der Waals surface area contributed by atoms with Crippen LogP contribution in [0, 0.1) is 5.82 Å². The van der Waals surface area contributed by atoms with Crippen molar-refractivity contribution in [2.75, 3.05) is 26.2 Å². The van der Waals surface area contributed by atoms with E-state index in [1.165, 1.54) is 38.4 Å².